The van der Waals surface area contributed by atoms with E-state index in [1.54, 1.807) is 57.2 Å². The third kappa shape index (κ3) is 8.87. The molecule has 0 radical (unpaired) electrons. The van der Waals surface area contributed by atoms with Crippen LogP contribution in [0.1, 0.15) is 62.8 Å². The van der Waals surface area contributed by atoms with Crippen molar-refractivity contribution in [1.82, 2.24) is 10.9 Å². The first-order valence-electron chi connectivity index (χ1n) is 14.7. The van der Waals surface area contributed by atoms with Crippen molar-refractivity contribution < 1.29 is 33.3 Å². The first-order chi connectivity index (χ1) is 21.1. The zero-order valence-corrected chi connectivity index (χ0v) is 25.3. The van der Waals surface area contributed by atoms with Crippen LogP contribution in [0.15, 0.2) is 83.9 Å². The summed E-state index contributed by atoms with van der Waals surface area (Å²) in [5, 5.41) is 9.02. The number of carbonyl (C=O) groups is 2. The topological polar surface area (TPSA) is 118 Å². The maximum absolute atomic E-state index is 14.1. The van der Waals surface area contributed by atoms with Crippen LogP contribution in [-0.2, 0) is 25.5 Å². The Kier molecular flexibility index (Phi) is 11.1. The fourth-order valence-corrected chi connectivity index (χ4v) is 4.79. The van der Waals surface area contributed by atoms with Crippen molar-refractivity contribution in [1.29, 1.82) is 0 Å². The molecule has 3 aromatic rings. The van der Waals surface area contributed by atoms with Gasteiger partial charge < -0.3 is 19.3 Å². The lowest BCUT2D eigenvalue weighted by molar-refractivity contribution is -0.155. The van der Waals surface area contributed by atoms with Crippen molar-refractivity contribution in [3.8, 4) is 5.75 Å². The predicted octanol–water partition coefficient (Wildman–Crippen LogP) is 4.83. The van der Waals surface area contributed by atoms with Crippen LogP contribution in [0, 0.1) is 5.82 Å². The molecule has 234 valence electrons. The standard InChI is InChI=1S/C34H40FN3O6/c1-33(2,3)44-29(40)18-20-34(32(41)38-36-21-19-24-10-14-27(35)15-11-24)30(25-8-5-4-6-9-25)43-31(37-34)26-12-16-28(17-13-26)42-23-7-22-39/h4-6,8-17,30,36,39H,7,18-23H2,1-3H3,(H,38,41)/t30-,34-/m0/s1. The number of aliphatic imine (C=N–C) groups is 1. The van der Waals surface area contributed by atoms with E-state index in [1.807, 2.05) is 30.3 Å². The summed E-state index contributed by atoms with van der Waals surface area (Å²) in [4.78, 5) is 31.8. The molecule has 0 bridgehead atoms. The van der Waals surface area contributed by atoms with Gasteiger partial charge in [-0.05, 0) is 81.1 Å². The summed E-state index contributed by atoms with van der Waals surface area (Å²) in [7, 11) is 0. The quantitative estimate of drug-likeness (QED) is 0.137. The van der Waals surface area contributed by atoms with E-state index in [4.69, 9.17) is 24.3 Å². The smallest absolute Gasteiger partial charge is 0.306 e. The third-order valence-electron chi connectivity index (χ3n) is 6.92. The number of nitrogens with one attached hydrogen (secondary N) is 2. The number of aliphatic hydroxyl groups excluding tert-OH is 1. The van der Waals surface area contributed by atoms with E-state index >= 15 is 0 Å². The molecule has 1 amide bonds. The van der Waals surface area contributed by atoms with Crippen LogP contribution < -0.4 is 15.6 Å². The molecule has 0 saturated carbocycles. The summed E-state index contributed by atoms with van der Waals surface area (Å²) in [5.74, 6) is -0.347. The van der Waals surface area contributed by atoms with Crippen LogP contribution in [0.2, 0.25) is 0 Å². The molecule has 2 atom stereocenters. The second kappa shape index (κ2) is 14.9. The molecule has 0 fully saturated rings. The number of nitrogens with zero attached hydrogens (tertiary/aromatic N) is 1. The molecular weight excluding hydrogens is 565 g/mol. The Hall–Kier alpha value is -4.28. The molecule has 0 unspecified atom stereocenters. The van der Waals surface area contributed by atoms with Crippen molar-refractivity contribution in [3.63, 3.8) is 0 Å². The van der Waals surface area contributed by atoms with E-state index in [0.717, 1.165) is 11.1 Å². The normalized spacial score (nSPS) is 17.8. The lowest BCUT2D eigenvalue weighted by atomic mass is 9.83. The van der Waals surface area contributed by atoms with Crippen molar-refractivity contribution in [2.75, 3.05) is 19.8 Å². The number of hydrazine groups is 1. The Morgan fingerprint density at radius 1 is 1.02 bits per heavy atom. The summed E-state index contributed by atoms with van der Waals surface area (Å²) >= 11 is 0. The first-order valence-corrected chi connectivity index (χ1v) is 14.7. The number of hydrogen-bond acceptors (Lipinski definition) is 8. The first kappa shape index (κ1) is 32.6. The van der Waals surface area contributed by atoms with Gasteiger partial charge in [-0.15, -0.1) is 0 Å². The van der Waals surface area contributed by atoms with Crippen LogP contribution in [0.3, 0.4) is 0 Å². The number of carbonyl (C=O) groups excluding carboxylic acids is 2. The molecule has 10 heteroatoms. The molecule has 3 N–H and O–H groups in total. The number of amides is 1. The highest BCUT2D eigenvalue weighted by atomic mass is 19.1. The molecule has 44 heavy (non-hydrogen) atoms. The van der Waals surface area contributed by atoms with Crippen LogP contribution in [0.5, 0.6) is 5.75 Å². The van der Waals surface area contributed by atoms with Crippen molar-refractivity contribution in [2.24, 2.45) is 4.99 Å². The molecule has 1 aliphatic heterocycles. The van der Waals surface area contributed by atoms with E-state index < -0.39 is 29.1 Å². The van der Waals surface area contributed by atoms with Crippen LogP contribution in [0.4, 0.5) is 4.39 Å². The lowest BCUT2D eigenvalue weighted by Gasteiger charge is -2.31. The average molecular weight is 606 g/mol. The van der Waals surface area contributed by atoms with Crippen LogP contribution in [0.25, 0.3) is 0 Å². The molecule has 9 nitrogen and oxygen atoms in total. The van der Waals surface area contributed by atoms with Crippen molar-refractivity contribution >= 4 is 17.8 Å². The number of benzene rings is 3. The fraction of sp³-hybridized carbons (Fsp3) is 0.382. The number of ether oxygens (including phenoxy) is 3. The number of halogens is 1. The molecule has 0 spiro atoms. The van der Waals surface area contributed by atoms with Gasteiger partial charge in [0.2, 0.25) is 5.90 Å². The summed E-state index contributed by atoms with van der Waals surface area (Å²) in [6.45, 7) is 6.17. The minimum atomic E-state index is -1.51. The summed E-state index contributed by atoms with van der Waals surface area (Å²) in [6, 6.07) is 22.6. The van der Waals surface area contributed by atoms with Gasteiger partial charge in [0.25, 0.3) is 5.91 Å². The number of rotatable bonds is 14. The van der Waals surface area contributed by atoms with Gasteiger partial charge in [0.1, 0.15) is 17.2 Å². The number of aliphatic hydroxyl groups is 1. The Bertz CT molecular complexity index is 1410. The molecular formula is C34H40FN3O6. The minimum Gasteiger partial charge on any atom is -0.494 e. The van der Waals surface area contributed by atoms with Crippen LogP contribution in [-0.4, -0.2) is 53.8 Å². The van der Waals surface area contributed by atoms with Gasteiger partial charge in [-0.2, -0.15) is 0 Å². The maximum Gasteiger partial charge on any atom is 0.306 e. The van der Waals surface area contributed by atoms with Gasteiger partial charge in [-0.3, -0.25) is 15.0 Å². The van der Waals surface area contributed by atoms with Gasteiger partial charge >= 0.3 is 5.97 Å². The Morgan fingerprint density at radius 2 is 1.73 bits per heavy atom. The Morgan fingerprint density at radius 3 is 2.39 bits per heavy atom. The van der Waals surface area contributed by atoms with Gasteiger partial charge in [0, 0.05) is 31.6 Å². The molecule has 3 aromatic carbocycles. The average Bonchev–Trinajstić information content (AvgIpc) is 3.40. The minimum absolute atomic E-state index is 0.0266. The molecule has 4 rings (SSSR count). The molecule has 1 aliphatic rings. The van der Waals surface area contributed by atoms with E-state index in [9.17, 15) is 14.0 Å². The fourth-order valence-electron chi connectivity index (χ4n) is 4.79. The molecule has 0 saturated heterocycles. The highest BCUT2D eigenvalue weighted by molar-refractivity contribution is 6.01. The van der Waals surface area contributed by atoms with Crippen molar-refractivity contribution in [2.45, 2.75) is 63.7 Å². The summed E-state index contributed by atoms with van der Waals surface area (Å²) in [5.41, 5.74) is 5.82. The Labute approximate surface area is 257 Å². The highest BCUT2D eigenvalue weighted by Gasteiger charge is 2.53. The highest BCUT2D eigenvalue weighted by Crippen LogP contribution is 2.43. The zero-order chi connectivity index (χ0) is 31.6. The van der Waals surface area contributed by atoms with E-state index in [1.165, 1.54) is 12.1 Å². The van der Waals surface area contributed by atoms with E-state index in [0.29, 0.717) is 37.3 Å². The van der Waals surface area contributed by atoms with Crippen molar-refractivity contribution in [3.05, 3.63) is 101 Å². The summed E-state index contributed by atoms with van der Waals surface area (Å²) < 4.78 is 30.9. The largest absolute Gasteiger partial charge is 0.494 e. The molecule has 0 aromatic heterocycles. The van der Waals surface area contributed by atoms with E-state index in [2.05, 4.69) is 10.9 Å². The Balaban J connectivity index is 1.61. The van der Waals surface area contributed by atoms with Gasteiger partial charge in [-0.1, -0.05) is 42.5 Å². The molecule has 0 aliphatic carbocycles. The molecule has 1 heterocycles. The summed E-state index contributed by atoms with van der Waals surface area (Å²) in [6.07, 6.45) is 0.190. The SMILES string of the molecule is CC(C)(C)OC(=O)CC[C@]1(C(=O)NNCCc2ccc(F)cc2)N=C(c2ccc(OCCCO)cc2)O[C@H]1c1ccccc1. The van der Waals surface area contributed by atoms with E-state index in [-0.39, 0.29) is 31.2 Å². The second-order valence-electron chi connectivity index (χ2n) is 11.5. The number of esters is 1. The predicted molar refractivity (Wildman–Crippen MR) is 165 cm³/mol. The number of hydrogen-bond donors (Lipinski definition) is 3. The zero-order valence-electron chi connectivity index (χ0n) is 25.3. The third-order valence-corrected chi connectivity index (χ3v) is 6.92. The maximum atomic E-state index is 14.1. The van der Waals surface area contributed by atoms with Gasteiger partial charge in [0.15, 0.2) is 11.6 Å². The van der Waals surface area contributed by atoms with Gasteiger partial charge in [-0.25, -0.2) is 14.8 Å². The van der Waals surface area contributed by atoms with Gasteiger partial charge in [0.05, 0.1) is 6.61 Å². The second-order valence-corrected chi connectivity index (χ2v) is 11.5. The van der Waals surface area contributed by atoms with Crippen LogP contribution >= 0.6 is 0 Å². The monoisotopic (exact) mass is 605 g/mol. The lowest BCUT2D eigenvalue weighted by Crippen LogP contribution is -2.53.